The first-order valence-electron chi connectivity index (χ1n) is 8.23. The number of nitriles is 1. The molecule has 0 unspecified atom stereocenters. The minimum atomic E-state index is -0.507. The molecule has 0 aromatic heterocycles. The minimum Gasteiger partial charge on any atom is -0.497 e. The van der Waals surface area contributed by atoms with Crippen molar-refractivity contribution >= 4 is 17.7 Å². The summed E-state index contributed by atoms with van der Waals surface area (Å²) in [5.74, 6) is 0.977. The fourth-order valence-corrected chi connectivity index (χ4v) is 2.39. The summed E-state index contributed by atoms with van der Waals surface area (Å²) in [5.41, 5.74) is 2.44. The summed E-state index contributed by atoms with van der Waals surface area (Å²) in [6.07, 6.45) is 1.56. The Kier molecular flexibility index (Phi) is 6.40. The van der Waals surface area contributed by atoms with Crippen LogP contribution in [0.4, 0.5) is 5.69 Å². The Bertz CT molecular complexity index is 847. The van der Waals surface area contributed by atoms with Gasteiger partial charge in [-0.05, 0) is 35.3 Å². The second-order valence-corrected chi connectivity index (χ2v) is 6.01. The smallest absolute Gasteiger partial charge is 0.266 e. The molecule has 1 amide bonds. The normalized spacial score (nSPS) is 11.0. The van der Waals surface area contributed by atoms with Crippen molar-refractivity contribution in [1.29, 1.82) is 5.26 Å². The van der Waals surface area contributed by atoms with Crippen molar-refractivity contribution in [2.45, 2.75) is 19.8 Å². The Balaban J connectivity index is 2.25. The highest BCUT2D eigenvalue weighted by atomic mass is 16.5. The molecule has 5 nitrogen and oxygen atoms in total. The molecule has 0 heterocycles. The van der Waals surface area contributed by atoms with E-state index in [9.17, 15) is 10.1 Å². The predicted molar refractivity (Wildman–Crippen MR) is 102 cm³/mol. The predicted octanol–water partition coefficient (Wildman–Crippen LogP) is 4.37. The molecule has 0 spiro atoms. The van der Waals surface area contributed by atoms with Gasteiger partial charge in [-0.3, -0.25) is 4.79 Å². The summed E-state index contributed by atoms with van der Waals surface area (Å²) in [6, 6.07) is 14.8. The molecule has 1 N–H and O–H groups in total. The van der Waals surface area contributed by atoms with Gasteiger partial charge in [-0.15, -0.1) is 0 Å². The molecule has 26 heavy (non-hydrogen) atoms. The van der Waals surface area contributed by atoms with Crippen molar-refractivity contribution in [1.82, 2.24) is 0 Å². The van der Waals surface area contributed by atoms with E-state index in [1.165, 1.54) is 19.8 Å². The highest BCUT2D eigenvalue weighted by Crippen LogP contribution is 2.29. The van der Waals surface area contributed by atoms with Gasteiger partial charge in [0, 0.05) is 6.07 Å². The van der Waals surface area contributed by atoms with Gasteiger partial charge >= 0.3 is 0 Å². The number of amides is 1. The van der Waals surface area contributed by atoms with Crippen LogP contribution in [0, 0.1) is 11.3 Å². The van der Waals surface area contributed by atoms with Crippen LogP contribution in [0.5, 0.6) is 11.5 Å². The lowest BCUT2D eigenvalue weighted by atomic mass is 10.0. The van der Waals surface area contributed by atoms with Crippen LogP contribution >= 0.6 is 0 Å². The van der Waals surface area contributed by atoms with Crippen molar-refractivity contribution in [2.75, 3.05) is 19.5 Å². The largest absolute Gasteiger partial charge is 0.497 e. The maximum Gasteiger partial charge on any atom is 0.266 e. The molecule has 0 bridgehead atoms. The average molecular weight is 350 g/mol. The van der Waals surface area contributed by atoms with Crippen molar-refractivity contribution in [2.24, 2.45) is 0 Å². The number of rotatable bonds is 6. The molecule has 0 atom stereocenters. The molecule has 0 fully saturated rings. The third kappa shape index (κ3) is 4.64. The quantitative estimate of drug-likeness (QED) is 0.620. The van der Waals surface area contributed by atoms with Gasteiger partial charge in [0.2, 0.25) is 0 Å². The Hall–Kier alpha value is -3.26. The van der Waals surface area contributed by atoms with Gasteiger partial charge in [0.25, 0.3) is 5.91 Å². The van der Waals surface area contributed by atoms with Gasteiger partial charge in [-0.2, -0.15) is 5.26 Å². The number of nitrogens with one attached hydrogen (secondary N) is 1. The van der Waals surface area contributed by atoms with Crippen LogP contribution in [0.1, 0.15) is 30.9 Å². The molecular formula is C21H22N2O3. The lowest BCUT2D eigenvalue weighted by molar-refractivity contribution is -0.112. The fraction of sp³-hybridized carbons (Fsp3) is 0.238. The molecule has 5 heteroatoms. The number of carbonyl (C=O) groups is 1. The maximum absolute atomic E-state index is 12.5. The van der Waals surface area contributed by atoms with E-state index < -0.39 is 5.91 Å². The van der Waals surface area contributed by atoms with Gasteiger partial charge in [0.15, 0.2) is 0 Å². The van der Waals surface area contributed by atoms with Crippen LogP contribution in [-0.2, 0) is 4.79 Å². The molecule has 0 saturated carbocycles. The highest BCUT2D eigenvalue weighted by Gasteiger charge is 2.13. The summed E-state index contributed by atoms with van der Waals surface area (Å²) in [4.78, 5) is 12.5. The summed E-state index contributed by atoms with van der Waals surface area (Å²) >= 11 is 0. The van der Waals surface area contributed by atoms with E-state index in [4.69, 9.17) is 9.47 Å². The van der Waals surface area contributed by atoms with Crippen LogP contribution in [0.25, 0.3) is 6.08 Å². The number of anilines is 1. The van der Waals surface area contributed by atoms with E-state index >= 15 is 0 Å². The van der Waals surface area contributed by atoms with Gasteiger partial charge < -0.3 is 14.8 Å². The number of hydrogen-bond acceptors (Lipinski definition) is 4. The van der Waals surface area contributed by atoms with E-state index in [-0.39, 0.29) is 5.57 Å². The van der Waals surface area contributed by atoms with Crippen LogP contribution in [0.3, 0.4) is 0 Å². The van der Waals surface area contributed by atoms with Gasteiger partial charge in [0.05, 0.1) is 19.9 Å². The second kappa shape index (κ2) is 8.72. The van der Waals surface area contributed by atoms with Crippen molar-refractivity contribution in [3.63, 3.8) is 0 Å². The Morgan fingerprint density at radius 3 is 2.35 bits per heavy atom. The molecule has 0 saturated heterocycles. The third-order valence-corrected chi connectivity index (χ3v) is 3.93. The minimum absolute atomic E-state index is 0.00664. The zero-order valence-corrected chi connectivity index (χ0v) is 15.4. The number of methoxy groups -OCH3 is 2. The van der Waals surface area contributed by atoms with Crippen LogP contribution in [0.15, 0.2) is 48.0 Å². The maximum atomic E-state index is 12.5. The third-order valence-electron chi connectivity index (χ3n) is 3.93. The SMILES string of the molecule is COc1ccc(OC)c(NC(=O)C(C#N)=Cc2ccc(C(C)C)cc2)c1. The first-order valence-corrected chi connectivity index (χ1v) is 8.23. The van der Waals surface area contributed by atoms with Crippen LogP contribution < -0.4 is 14.8 Å². The van der Waals surface area contributed by atoms with E-state index in [0.717, 1.165) is 5.56 Å². The number of ether oxygens (including phenoxy) is 2. The Morgan fingerprint density at radius 2 is 1.81 bits per heavy atom. The van der Waals surface area contributed by atoms with E-state index in [1.807, 2.05) is 30.3 Å². The fourth-order valence-electron chi connectivity index (χ4n) is 2.39. The molecule has 2 rings (SSSR count). The first-order chi connectivity index (χ1) is 12.5. The summed E-state index contributed by atoms with van der Waals surface area (Å²) in [7, 11) is 3.05. The number of nitrogens with zero attached hydrogens (tertiary/aromatic N) is 1. The summed E-state index contributed by atoms with van der Waals surface area (Å²) in [6.45, 7) is 4.22. The summed E-state index contributed by atoms with van der Waals surface area (Å²) in [5, 5.41) is 12.1. The molecule has 0 radical (unpaired) electrons. The molecule has 2 aromatic carbocycles. The van der Waals surface area contributed by atoms with Crippen LogP contribution in [-0.4, -0.2) is 20.1 Å². The Labute approximate surface area is 153 Å². The van der Waals surface area contributed by atoms with Crippen molar-refractivity contribution in [3.05, 3.63) is 59.2 Å². The monoisotopic (exact) mass is 350 g/mol. The lowest BCUT2D eigenvalue weighted by Gasteiger charge is -2.11. The molecule has 0 aliphatic heterocycles. The highest BCUT2D eigenvalue weighted by molar-refractivity contribution is 6.10. The number of hydrogen-bond donors (Lipinski definition) is 1. The molecule has 0 aliphatic rings. The molecular weight excluding hydrogens is 328 g/mol. The number of carbonyl (C=O) groups excluding carboxylic acids is 1. The molecule has 134 valence electrons. The van der Waals surface area contributed by atoms with Gasteiger partial charge in [0.1, 0.15) is 23.1 Å². The summed E-state index contributed by atoms with van der Waals surface area (Å²) < 4.78 is 10.4. The number of benzene rings is 2. The van der Waals surface area contributed by atoms with Crippen molar-refractivity contribution in [3.8, 4) is 17.6 Å². The standard InChI is InChI=1S/C21H22N2O3/c1-14(2)16-7-5-15(6-8-16)11-17(13-22)21(24)23-19-12-18(25-3)9-10-20(19)26-4/h5-12,14H,1-4H3,(H,23,24). The van der Waals surface area contributed by atoms with E-state index in [0.29, 0.717) is 23.1 Å². The molecule has 2 aromatic rings. The van der Waals surface area contributed by atoms with Gasteiger partial charge in [-0.1, -0.05) is 38.1 Å². The molecule has 0 aliphatic carbocycles. The Morgan fingerprint density at radius 1 is 1.12 bits per heavy atom. The average Bonchev–Trinajstić information content (AvgIpc) is 2.66. The van der Waals surface area contributed by atoms with Crippen LogP contribution in [0.2, 0.25) is 0 Å². The lowest BCUT2D eigenvalue weighted by Crippen LogP contribution is -2.14. The second-order valence-electron chi connectivity index (χ2n) is 6.01. The van der Waals surface area contributed by atoms with Crippen molar-refractivity contribution < 1.29 is 14.3 Å². The van der Waals surface area contributed by atoms with E-state index in [2.05, 4.69) is 19.2 Å². The first kappa shape index (κ1) is 19.1. The van der Waals surface area contributed by atoms with E-state index in [1.54, 1.807) is 24.3 Å². The zero-order chi connectivity index (χ0) is 19.1. The zero-order valence-electron chi connectivity index (χ0n) is 15.4. The topological polar surface area (TPSA) is 71.3 Å². The van der Waals surface area contributed by atoms with Gasteiger partial charge in [-0.25, -0.2) is 0 Å².